The van der Waals surface area contributed by atoms with Gasteiger partial charge in [0.2, 0.25) is 0 Å². The van der Waals surface area contributed by atoms with Crippen molar-refractivity contribution in [3.63, 3.8) is 0 Å². The van der Waals surface area contributed by atoms with E-state index in [9.17, 15) is 14.7 Å². The van der Waals surface area contributed by atoms with Gasteiger partial charge in [-0.25, -0.2) is 0 Å². The molecule has 2 atom stereocenters. The summed E-state index contributed by atoms with van der Waals surface area (Å²) in [6, 6.07) is 9.66. The molecule has 0 saturated carbocycles. The van der Waals surface area contributed by atoms with E-state index in [0.29, 0.717) is 22.6 Å². The highest BCUT2D eigenvalue weighted by Crippen LogP contribution is 2.50. The standard InChI is InChI=1S/C21H18N2O5/c1-27-15-8-7-11-16(19(15)28-2)20(24)23-14(21(25)26)9-12-10-5-3-4-6-13(10)22-17(12)18(11)23/h3-8,14,18,22H,9H2,1-2H3,(H,25,26)/p-1/t14-,18-/m0/s1. The topological polar surface area (TPSA) is 94.7 Å². The van der Waals surface area contributed by atoms with Crippen LogP contribution in [0.25, 0.3) is 10.9 Å². The van der Waals surface area contributed by atoms with Crippen LogP contribution in [0.1, 0.15) is 33.2 Å². The number of carboxylic acid groups (broad SMARTS) is 1. The zero-order valence-electron chi connectivity index (χ0n) is 15.3. The van der Waals surface area contributed by atoms with E-state index in [4.69, 9.17) is 9.47 Å². The molecule has 7 nitrogen and oxygen atoms in total. The summed E-state index contributed by atoms with van der Waals surface area (Å²) >= 11 is 0. The highest BCUT2D eigenvalue weighted by Gasteiger charge is 2.49. The van der Waals surface area contributed by atoms with Crippen molar-refractivity contribution in [2.45, 2.75) is 18.5 Å². The number of carboxylic acids is 1. The van der Waals surface area contributed by atoms with Crippen molar-refractivity contribution in [2.75, 3.05) is 14.2 Å². The molecule has 0 fully saturated rings. The van der Waals surface area contributed by atoms with E-state index in [0.717, 1.165) is 22.2 Å². The van der Waals surface area contributed by atoms with Crippen LogP contribution in [-0.4, -0.2) is 42.0 Å². The van der Waals surface area contributed by atoms with Crippen LogP contribution in [0.5, 0.6) is 11.5 Å². The number of para-hydroxylation sites is 1. The van der Waals surface area contributed by atoms with Crippen molar-refractivity contribution in [3.8, 4) is 11.5 Å². The van der Waals surface area contributed by atoms with Crippen molar-refractivity contribution in [1.82, 2.24) is 9.88 Å². The Morgan fingerprint density at radius 2 is 1.96 bits per heavy atom. The monoisotopic (exact) mass is 377 g/mol. The number of ether oxygens (including phenoxy) is 2. The van der Waals surface area contributed by atoms with E-state index < -0.39 is 24.0 Å². The second kappa shape index (κ2) is 5.76. The summed E-state index contributed by atoms with van der Waals surface area (Å²) < 4.78 is 10.8. The highest BCUT2D eigenvalue weighted by molar-refractivity contribution is 6.05. The Balaban J connectivity index is 1.82. The average molecular weight is 377 g/mol. The van der Waals surface area contributed by atoms with E-state index in [1.165, 1.54) is 19.1 Å². The molecule has 0 aliphatic carbocycles. The maximum absolute atomic E-state index is 13.3. The summed E-state index contributed by atoms with van der Waals surface area (Å²) in [5.41, 5.74) is 3.68. The van der Waals surface area contributed by atoms with Crippen molar-refractivity contribution in [1.29, 1.82) is 0 Å². The number of hydrogen-bond donors (Lipinski definition) is 1. The van der Waals surface area contributed by atoms with Crippen LogP contribution in [0.4, 0.5) is 0 Å². The molecule has 7 heteroatoms. The number of carbonyl (C=O) groups excluding carboxylic acids is 2. The van der Waals surface area contributed by atoms with E-state index >= 15 is 0 Å². The molecule has 0 radical (unpaired) electrons. The number of aromatic amines is 1. The number of amides is 1. The van der Waals surface area contributed by atoms with Crippen molar-refractivity contribution >= 4 is 22.8 Å². The fourth-order valence-corrected chi connectivity index (χ4v) is 4.57. The van der Waals surface area contributed by atoms with Gasteiger partial charge in [0.25, 0.3) is 5.91 Å². The number of aliphatic carboxylic acids is 1. The molecule has 1 aromatic heterocycles. The Kier molecular flexibility index (Phi) is 3.43. The summed E-state index contributed by atoms with van der Waals surface area (Å²) in [7, 11) is 2.96. The number of fused-ring (bicyclic) bond motifs is 7. The van der Waals surface area contributed by atoms with Crippen LogP contribution in [0.3, 0.4) is 0 Å². The van der Waals surface area contributed by atoms with Gasteiger partial charge >= 0.3 is 0 Å². The number of aromatic nitrogens is 1. The lowest BCUT2D eigenvalue weighted by atomic mass is 9.90. The molecule has 0 spiro atoms. The molecule has 0 unspecified atom stereocenters. The summed E-state index contributed by atoms with van der Waals surface area (Å²) in [6.07, 6.45) is 0.192. The molecule has 2 aliphatic heterocycles. The van der Waals surface area contributed by atoms with Gasteiger partial charge in [-0.15, -0.1) is 0 Å². The number of benzene rings is 2. The minimum Gasteiger partial charge on any atom is -0.548 e. The Morgan fingerprint density at radius 1 is 1.18 bits per heavy atom. The molecule has 142 valence electrons. The minimum absolute atomic E-state index is 0.192. The lowest BCUT2D eigenvalue weighted by molar-refractivity contribution is -0.311. The van der Waals surface area contributed by atoms with Crippen LogP contribution >= 0.6 is 0 Å². The lowest BCUT2D eigenvalue weighted by Crippen LogP contribution is -2.53. The first kappa shape index (κ1) is 16.7. The molecule has 1 amide bonds. The maximum Gasteiger partial charge on any atom is 0.259 e. The molecule has 3 aromatic rings. The van der Waals surface area contributed by atoms with E-state index in [2.05, 4.69) is 4.98 Å². The SMILES string of the molecule is COc1ccc2c(c1OC)C(=O)N1[C@@H]2c2[nH]c3ccccc3c2C[C@H]1C(=O)[O-]. The Morgan fingerprint density at radius 3 is 2.68 bits per heavy atom. The van der Waals surface area contributed by atoms with Gasteiger partial charge in [0.15, 0.2) is 11.5 Å². The summed E-state index contributed by atoms with van der Waals surface area (Å²) in [6.45, 7) is 0. The van der Waals surface area contributed by atoms with Crippen LogP contribution < -0.4 is 14.6 Å². The Labute approximate surface area is 160 Å². The molecule has 5 rings (SSSR count). The zero-order valence-corrected chi connectivity index (χ0v) is 15.3. The first-order valence-corrected chi connectivity index (χ1v) is 8.94. The fourth-order valence-electron chi connectivity index (χ4n) is 4.57. The summed E-state index contributed by atoms with van der Waals surface area (Å²) in [5.74, 6) is -0.923. The lowest BCUT2D eigenvalue weighted by Gasteiger charge is -2.38. The van der Waals surface area contributed by atoms with Crippen LogP contribution in [0.2, 0.25) is 0 Å². The van der Waals surface area contributed by atoms with Crippen LogP contribution in [0.15, 0.2) is 36.4 Å². The first-order valence-electron chi connectivity index (χ1n) is 8.94. The van der Waals surface area contributed by atoms with E-state index in [1.807, 2.05) is 24.3 Å². The van der Waals surface area contributed by atoms with Gasteiger partial charge in [-0.2, -0.15) is 0 Å². The molecular formula is C21H17N2O5-. The normalized spacial score (nSPS) is 19.9. The first-order chi connectivity index (χ1) is 13.6. The highest BCUT2D eigenvalue weighted by atomic mass is 16.5. The smallest absolute Gasteiger partial charge is 0.259 e. The number of H-pyrrole nitrogens is 1. The second-order valence-electron chi connectivity index (χ2n) is 6.98. The molecule has 1 N–H and O–H groups in total. The van der Waals surface area contributed by atoms with E-state index in [-0.39, 0.29) is 6.42 Å². The predicted molar refractivity (Wildman–Crippen MR) is 98.4 cm³/mol. The molecule has 2 aliphatic rings. The fraction of sp³-hybridized carbons (Fsp3) is 0.238. The molecule has 2 aromatic carbocycles. The molecular weight excluding hydrogens is 360 g/mol. The van der Waals surface area contributed by atoms with Gasteiger partial charge in [-0.1, -0.05) is 24.3 Å². The third-order valence-electron chi connectivity index (χ3n) is 5.72. The largest absolute Gasteiger partial charge is 0.548 e. The third kappa shape index (κ3) is 1.98. The molecule has 28 heavy (non-hydrogen) atoms. The summed E-state index contributed by atoms with van der Waals surface area (Å²) in [4.78, 5) is 30.1. The minimum atomic E-state index is -1.27. The van der Waals surface area contributed by atoms with Gasteiger partial charge in [-0.3, -0.25) is 4.79 Å². The Bertz CT molecular complexity index is 1150. The van der Waals surface area contributed by atoms with Gasteiger partial charge in [-0.05, 0) is 23.3 Å². The average Bonchev–Trinajstić information content (AvgIpc) is 3.22. The molecule has 0 bridgehead atoms. The number of hydrogen-bond acceptors (Lipinski definition) is 5. The zero-order chi connectivity index (χ0) is 19.6. The van der Waals surface area contributed by atoms with Gasteiger partial charge in [0.1, 0.15) is 0 Å². The van der Waals surface area contributed by atoms with Gasteiger partial charge < -0.3 is 29.3 Å². The maximum atomic E-state index is 13.3. The number of nitrogens with zero attached hydrogens (tertiary/aromatic N) is 1. The van der Waals surface area contributed by atoms with Gasteiger partial charge in [0.05, 0.1) is 37.8 Å². The molecule has 0 saturated heterocycles. The van der Waals surface area contributed by atoms with Gasteiger partial charge in [0, 0.05) is 23.0 Å². The second-order valence-corrected chi connectivity index (χ2v) is 6.98. The van der Waals surface area contributed by atoms with Crippen LogP contribution in [0, 0.1) is 0 Å². The molecule has 3 heterocycles. The predicted octanol–water partition coefficient (Wildman–Crippen LogP) is 1.40. The number of nitrogens with one attached hydrogen (secondary N) is 1. The Hall–Kier alpha value is -3.48. The van der Waals surface area contributed by atoms with E-state index in [1.54, 1.807) is 12.1 Å². The summed E-state index contributed by atoms with van der Waals surface area (Å²) in [5, 5.41) is 12.9. The van der Waals surface area contributed by atoms with Crippen molar-refractivity contribution in [2.24, 2.45) is 0 Å². The van der Waals surface area contributed by atoms with Crippen molar-refractivity contribution < 1.29 is 24.2 Å². The third-order valence-corrected chi connectivity index (χ3v) is 5.72. The number of rotatable bonds is 3. The number of methoxy groups -OCH3 is 2. The number of carbonyl (C=O) groups is 2. The quantitative estimate of drug-likeness (QED) is 0.745. The van der Waals surface area contributed by atoms with Crippen LogP contribution in [-0.2, 0) is 11.2 Å². The van der Waals surface area contributed by atoms with Crippen molar-refractivity contribution in [3.05, 3.63) is 58.8 Å².